The van der Waals surface area contributed by atoms with E-state index in [0.29, 0.717) is 5.56 Å². The van der Waals surface area contributed by atoms with Crippen LogP contribution in [-0.2, 0) is 16.2 Å². The number of aliphatic hydroxyl groups excluding tert-OH is 2. The van der Waals surface area contributed by atoms with Crippen molar-refractivity contribution in [2.45, 2.75) is 51.5 Å². The van der Waals surface area contributed by atoms with Gasteiger partial charge < -0.3 is 24.4 Å². The maximum Gasteiger partial charge on any atom is 0.313 e. The number of carbonyl (C=O) groups excluding carboxylic acids is 1. The Balaban J connectivity index is 1.47. The highest BCUT2D eigenvalue weighted by Crippen LogP contribution is 2.38. The van der Waals surface area contributed by atoms with Crippen LogP contribution in [0.4, 0.5) is 4.39 Å². The lowest BCUT2D eigenvalue weighted by molar-refractivity contribution is -0.763. The zero-order valence-electron chi connectivity index (χ0n) is 22.6. The van der Waals surface area contributed by atoms with Gasteiger partial charge in [0, 0.05) is 34.6 Å². The van der Waals surface area contributed by atoms with Crippen molar-refractivity contribution >= 4 is 22.9 Å². The van der Waals surface area contributed by atoms with Crippen LogP contribution in [0, 0.1) is 15.9 Å². The van der Waals surface area contributed by atoms with Gasteiger partial charge in [0.15, 0.2) is 0 Å². The summed E-state index contributed by atoms with van der Waals surface area (Å²) in [4.78, 5) is 27.1. The topological polar surface area (TPSA) is 124 Å². The van der Waals surface area contributed by atoms with Crippen LogP contribution in [0.5, 0.6) is 5.75 Å². The number of hydrogen-bond acceptors (Lipinski definition) is 7. The van der Waals surface area contributed by atoms with E-state index in [1.165, 1.54) is 24.3 Å². The first-order valence-corrected chi connectivity index (χ1v) is 13.1. The van der Waals surface area contributed by atoms with Gasteiger partial charge in [0.25, 0.3) is 5.09 Å². The Labute approximate surface area is 236 Å². The first kappa shape index (κ1) is 29.4. The smallest absolute Gasteiger partial charge is 0.313 e. The maximum atomic E-state index is 13.7. The molecule has 1 heterocycles. The highest BCUT2D eigenvalue weighted by molar-refractivity contribution is 6.01. The molecule has 2 N–H and O–H groups in total. The molecule has 3 aromatic carbocycles. The Hall–Kier alpha value is -4.54. The summed E-state index contributed by atoms with van der Waals surface area (Å²) >= 11 is 0. The Morgan fingerprint density at radius 3 is 2.51 bits per heavy atom. The summed E-state index contributed by atoms with van der Waals surface area (Å²) in [5, 5.41) is 31.6. The van der Waals surface area contributed by atoms with Crippen molar-refractivity contribution in [3.63, 3.8) is 0 Å². The van der Waals surface area contributed by atoms with Gasteiger partial charge in [0.2, 0.25) is 0 Å². The van der Waals surface area contributed by atoms with E-state index < -0.39 is 23.3 Å². The normalized spacial score (nSPS) is 13.0. The summed E-state index contributed by atoms with van der Waals surface area (Å²) in [6, 6.07) is 20.3. The van der Waals surface area contributed by atoms with Gasteiger partial charge in [-0.15, -0.1) is 10.1 Å². The third-order valence-corrected chi connectivity index (χ3v) is 6.46. The van der Waals surface area contributed by atoms with Crippen LogP contribution >= 0.6 is 0 Å². The molecule has 0 bridgehead atoms. The molecule has 0 unspecified atom stereocenters. The fourth-order valence-corrected chi connectivity index (χ4v) is 4.76. The van der Waals surface area contributed by atoms with E-state index in [1.807, 2.05) is 24.3 Å². The zero-order valence-corrected chi connectivity index (χ0v) is 22.6. The van der Waals surface area contributed by atoms with Crippen molar-refractivity contribution in [1.82, 2.24) is 4.57 Å². The Kier molecular flexibility index (Phi) is 9.49. The first-order chi connectivity index (χ1) is 19.6. The monoisotopic (exact) mass is 562 g/mol. The Morgan fingerprint density at radius 2 is 1.80 bits per heavy atom. The molecular weight excluding hydrogens is 531 g/mol. The minimum absolute atomic E-state index is 0.0795. The molecule has 0 fully saturated rings. The molecular formula is C31H31FN2O7. The van der Waals surface area contributed by atoms with Crippen molar-refractivity contribution in [2.75, 3.05) is 0 Å². The Morgan fingerprint density at radius 1 is 1.07 bits per heavy atom. The molecule has 0 amide bonds. The van der Waals surface area contributed by atoms with Crippen LogP contribution in [-0.4, -0.2) is 38.0 Å². The average Bonchev–Trinajstić information content (AvgIpc) is 3.25. The minimum Gasteiger partial charge on any atom is -0.426 e. The summed E-state index contributed by atoms with van der Waals surface area (Å²) in [6.45, 7) is 3.81. The summed E-state index contributed by atoms with van der Waals surface area (Å²) in [5.74, 6) is -0.903. The molecule has 41 heavy (non-hydrogen) atoms. The third kappa shape index (κ3) is 7.56. The highest BCUT2D eigenvalue weighted by atomic mass is 19.1. The molecule has 4 rings (SSSR count). The average molecular weight is 563 g/mol. The maximum absolute atomic E-state index is 13.7. The van der Waals surface area contributed by atoms with Gasteiger partial charge in [-0.2, -0.15) is 0 Å². The minimum atomic E-state index is -1.18. The predicted octanol–water partition coefficient (Wildman–Crippen LogP) is 5.86. The molecule has 0 spiro atoms. The molecule has 214 valence electrons. The molecule has 10 heteroatoms. The van der Waals surface area contributed by atoms with E-state index in [2.05, 4.69) is 23.3 Å². The molecule has 9 nitrogen and oxygen atoms in total. The van der Waals surface area contributed by atoms with E-state index in [4.69, 9.17) is 4.74 Å². The summed E-state index contributed by atoms with van der Waals surface area (Å²) in [7, 11) is 0. The van der Waals surface area contributed by atoms with Gasteiger partial charge in [0.1, 0.15) is 18.2 Å². The number of hydrogen-bond donors (Lipinski definition) is 2. The number of esters is 1. The number of para-hydroxylation sites is 1. The number of carbonyl (C=O) groups is 1. The van der Waals surface area contributed by atoms with Crippen molar-refractivity contribution in [3.05, 3.63) is 106 Å². The van der Waals surface area contributed by atoms with Crippen LogP contribution in [0.25, 0.3) is 28.1 Å². The van der Waals surface area contributed by atoms with E-state index >= 15 is 0 Å². The second-order valence-corrected chi connectivity index (χ2v) is 9.89. The number of aromatic nitrogens is 1. The van der Waals surface area contributed by atoms with E-state index in [0.717, 1.165) is 27.7 Å². The van der Waals surface area contributed by atoms with Crippen molar-refractivity contribution < 1.29 is 34.1 Å². The highest BCUT2D eigenvalue weighted by Gasteiger charge is 2.20. The SMILES string of the molecule is CC(C)n1c(C=C[C@H](O)C[C@H](O)CC(=O)Oc2cccc(CO[N+](=O)[O-])c2)c(-c2ccc(F)cc2)c2ccccc21. The van der Waals surface area contributed by atoms with Gasteiger partial charge >= 0.3 is 5.97 Å². The molecule has 0 aliphatic carbocycles. The van der Waals surface area contributed by atoms with Gasteiger partial charge in [-0.1, -0.05) is 48.5 Å². The van der Waals surface area contributed by atoms with Crippen molar-refractivity contribution in [3.8, 4) is 16.9 Å². The van der Waals surface area contributed by atoms with Gasteiger partial charge in [-0.3, -0.25) is 4.79 Å². The van der Waals surface area contributed by atoms with Crippen molar-refractivity contribution in [1.29, 1.82) is 0 Å². The molecule has 0 aliphatic heterocycles. The lowest BCUT2D eigenvalue weighted by Crippen LogP contribution is -2.22. The largest absolute Gasteiger partial charge is 0.426 e. The fourth-order valence-electron chi connectivity index (χ4n) is 4.76. The number of aliphatic hydroxyl groups is 2. The Bertz CT molecular complexity index is 1550. The molecule has 0 saturated heterocycles. The summed E-state index contributed by atoms with van der Waals surface area (Å²) < 4.78 is 21.1. The number of fused-ring (bicyclic) bond motifs is 1. The standard InChI is InChI=1S/C31H31FN2O7/c1-20(2)33-28-9-4-3-8-27(28)31(22-10-12-23(32)13-11-22)29(33)15-14-24(35)17-25(36)18-30(37)41-26-7-5-6-21(16-26)19-40-34(38)39/h3-16,20,24-25,35-36H,17-19H2,1-2H3/t24-,25-/m0/s1. The molecule has 4 aromatic rings. The quantitative estimate of drug-likeness (QED) is 0.0960. The lowest BCUT2D eigenvalue weighted by atomic mass is 10.0. The van der Waals surface area contributed by atoms with Gasteiger partial charge in [-0.05, 0) is 61.4 Å². The van der Waals surface area contributed by atoms with Crippen molar-refractivity contribution in [2.24, 2.45) is 0 Å². The summed E-state index contributed by atoms with van der Waals surface area (Å²) in [6.07, 6.45) is 0.611. The molecule has 0 aliphatic rings. The van der Waals surface area contributed by atoms with Gasteiger partial charge in [0.05, 0.1) is 18.6 Å². The fraction of sp³-hybridized carbons (Fsp3) is 0.258. The lowest BCUT2D eigenvalue weighted by Gasteiger charge is -2.15. The summed E-state index contributed by atoms with van der Waals surface area (Å²) in [5.41, 5.74) is 3.97. The van der Waals surface area contributed by atoms with Crippen LogP contribution in [0.1, 0.15) is 44.0 Å². The molecule has 2 atom stereocenters. The van der Waals surface area contributed by atoms with Crippen LogP contribution in [0.3, 0.4) is 0 Å². The second kappa shape index (κ2) is 13.2. The number of rotatable bonds is 12. The number of ether oxygens (including phenoxy) is 1. The van der Waals surface area contributed by atoms with E-state index in [9.17, 15) is 29.5 Å². The second-order valence-electron chi connectivity index (χ2n) is 9.89. The van der Waals surface area contributed by atoms with Gasteiger partial charge in [-0.25, -0.2) is 4.39 Å². The van der Waals surface area contributed by atoms with Crippen LogP contribution in [0.2, 0.25) is 0 Å². The molecule has 1 aromatic heterocycles. The van der Waals surface area contributed by atoms with E-state index in [1.54, 1.807) is 36.4 Å². The predicted molar refractivity (Wildman–Crippen MR) is 152 cm³/mol. The molecule has 0 saturated carbocycles. The van der Waals surface area contributed by atoms with Crippen LogP contribution < -0.4 is 4.74 Å². The first-order valence-electron chi connectivity index (χ1n) is 13.1. The zero-order chi connectivity index (χ0) is 29.5. The molecule has 0 radical (unpaired) electrons. The number of halogens is 1. The number of benzene rings is 3. The van der Waals surface area contributed by atoms with E-state index in [-0.39, 0.29) is 37.1 Å². The third-order valence-electron chi connectivity index (χ3n) is 6.46. The number of nitrogens with zero attached hydrogens (tertiary/aromatic N) is 2. The van der Waals surface area contributed by atoms with Crippen LogP contribution in [0.15, 0.2) is 78.9 Å².